The molecule has 2 saturated carbocycles. The van der Waals surface area contributed by atoms with Crippen LogP contribution in [0.4, 0.5) is 5.13 Å². The van der Waals surface area contributed by atoms with Gasteiger partial charge in [-0.05, 0) is 31.1 Å². The molecule has 7 nitrogen and oxygen atoms in total. The second-order valence-corrected chi connectivity index (χ2v) is 8.32. The molecular weight excluding hydrogens is 300 g/mol. The number of amides is 1. The van der Waals surface area contributed by atoms with E-state index in [4.69, 9.17) is 0 Å². The van der Waals surface area contributed by atoms with E-state index < -0.39 is 10.0 Å². The summed E-state index contributed by atoms with van der Waals surface area (Å²) in [5.74, 6) is 0.820. The van der Waals surface area contributed by atoms with Crippen LogP contribution in [0.25, 0.3) is 0 Å². The van der Waals surface area contributed by atoms with E-state index in [2.05, 4.69) is 20.2 Å². The number of rotatable bonds is 4. The van der Waals surface area contributed by atoms with Gasteiger partial charge in [-0.15, -0.1) is 10.2 Å². The quantitative estimate of drug-likeness (QED) is 0.806. The van der Waals surface area contributed by atoms with Crippen LogP contribution in [0.1, 0.15) is 32.6 Å². The fourth-order valence-electron chi connectivity index (χ4n) is 3.16. The number of sulfonamides is 1. The Labute approximate surface area is 121 Å². The van der Waals surface area contributed by atoms with Gasteiger partial charge >= 0.3 is 0 Å². The Bertz CT molecular complexity index is 627. The van der Waals surface area contributed by atoms with Gasteiger partial charge in [0.05, 0.1) is 0 Å². The molecular formula is C11H16N4O3S2. The molecule has 1 aromatic rings. The van der Waals surface area contributed by atoms with E-state index in [1.807, 2.05) is 0 Å². The Morgan fingerprint density at radius 3 is 2.70 bits per heavy atom. The average molecular weight is 316 g/mol. The molecule has 2 aliphatic carbocycles. The van der Waals surface area contributed by atoms with Gasteiger partial charge in [-0.25, -0.2) is 13.1 Å². The topological polar surface area (TPSA) is 101 Å². The minimum absolute atomic E-state index is 0.0202. The zero-order chi connectivity index (χ0) is 14.3. The third-order valence-corrected chi connectivity index (χ3v) is 6.66. The highest BCUT2D eigenvalue weighted by Crippen LogP contribution is 2.44. The van der Waals surface area contributed by atoms with Gasteiger partial charge in [-0.1, -0.05) is 17.8 Å². The Morgan fingerprint density at radius 2 is 2.10 bits per heavy atom. The minimum Gasteiger partial charge on any atom is -0.301 e. The first kappa shape index (κ1) is 13.9. The molecule has 0 spiro atoms. The van der Waals surface area contributed by atoms with Crippen LogP contribution in [0, 0.1) is 11.8 Å². The normalized spacial score (nSPS) is 28.8. The van der Waals surface area contributed by atoms with Crippen LogP contribution in [0.5, 0.6) is 0 Å². The highest BCUT2D eigenvalue weighted by atomic mass is 32.2. The lowest BCUT2D eigenvalue weighted by Crippen LogP contribution is -2.38. The van der Waals surface area contributed by atoms with Crippen molar-refractivity contribution in [2.24, 2.45) is 11.8 Å². The standard InChI is InChI=1S/C11H16N4O3S2/c1-6(16)12-10-13-14-11(19-10)20(17,18)15-9-5-7-2-3-8(9)4-7/h7-9,15H,2-5H2,1H3,(H,12,13,16). The Morgan fingerprint density at radius 1 is 1.30 bits per heavy atom. The molecule has 3 atom stereocenters. The molecule has 1 amide bonds. The predicted molar refractivity (Wildman–Crippen MR) is 73.8 cm³/mol. The molecule has 2 aliphatic rings. The molecule has 0 aliphatic heterocycles. The van der Waals surface area contributed by atoms with E-state index in [0.29, 0.717) is 11.8 Å². The summed E-state index contributed by atoms with van der Waals surface area (Å²) in [6.07, 6.45) is 4.36. The number of hydrogen-bond donors (Lipinski definition) is 2. The fourth-order valence-corrected chi connectivity index (χ4v) is 5.44. The minimum atomic E-state index is -3.64. The SMILES string of the molecule is CC(=O)Nc1nnc(S(=O)(=O)NC2CC3CCC2C3)s1. The van der Waals surface area contributed by atoms with Crippen molar-refractivity contribution < 1.29 is 13.2 Å². The first-order chi connectivity index (χ1) is 9.44. The highest BCUT2D eigenvalue weighted by molar-refractivity contribution is 7.91. The van der Waals surface area contributed by atoms with E-state index in [-0.39, 0.29) is 21.4 Å². The van der Waals surface area contributed by atoms with Crippen LogP contribution < -0.4 is 10.0 Å². The number of hydrogen-bond acceptors (Lipinski definition) is 6. The van der Waals surface area contributed by atoms with E-state index in [1.165, 1.54) is 13.3 Å². The van der Waals surface area contributed by atoms with Gasteiger partial charge < -0.3 is 5.32 Å². The Balaban J connectivity index is 1.71. The maximum absolute atomic E-state index is 12.2. The first-order valence-corrected chi connectivity index (χ1v) is 8.87. The summed E-state index contributed by atoms with van der Waals surface area (Å²) in [4.78, 5) is 10.9. The van der Waals surface area contributed by atoms with Crippen LogP contribution in [0.2, 0.25) is 0 Å². The van der Waals surface area contributed by atoms with E-state index in [0.717, 1.165) is 30.6 Å². The van der Waals surface area contributed by atoms with Gasteiger partial charge in [0.25, 0.3) is 10.0 Å². The number of carbonyl (C=O) groups excluding carboxylic acids is 1. The number of nitrogens with one attached hydrogen (secondary N) is 2. The van der Waals surface area contributed by atoms with E-state index in [9.17, 15) is 13.2 Å². The largest absolute Gasteiger partial charge is 0.301 e. The number of aromatic nitrogens is 2. The lowest BCUT2D eigenvalue weighted by Gasteiger charge is -2.21. The average Bonchev–Trinajstić information content (AvgIpc) is 3.02. The molecule has 110 valence electrons. The van der Waals surface area contributed by atoms with Crippen molar-refractivity contribution in [2.75, 3.05) is 5.32 Å². The summed E-state index contributed by atoms with van der Waals surface area (Å²) < 4.78 is 27.1. The second-order valence-electron chi connectivity index (χ2n) is 5.46. The fraction of sp³-hybridized carbons (Fsp3) is 0.727. The van der Waals surface area contributed by atoms with Gasteiger partial charge in [-0.2, -0.15) is 0 Å². The molecule has 9 heteroatoms. The molecule has 3 rings (SSSR count). The smallest absolute Gasteiger partial charge is 0.270 e. The molecule has 3 unspecified atom stereocenters. The molecule has 1 heterocycles. The van der Waals surface area contributed by atoms with Crippen molar-refractivity contribution in [1.29, 1.82) is 0 Å². The maximum atomic E-state index is 12.2. The van der Waals surface area contributed by atoms with E-state index in [1.54, 1.807) is 0 Å². The maximum Gasteiger partial charge on any atom is 0.270 e. The van der Waals surface area contributed by atoms with Gasteiger partial charge in [-0.3, -0.25) is 4.79 Å². The van der Waals surface area contributed by atoms with Gasteiger partial charge in [0, 0.05) is 13.0 Å². The Hall–Kier alpha value is -1.06. The van der Waals surface area contributed by atoms with Gasteiger partial charge in [0.15, 0.2) is 0 Å². The first-order valence-electron chi connectivity index (χ1n) is 6.57. The second kappa shape index (κ2) is 5.05. The monoisotopic (exact) mass is 316 g/mol. The summed E-state index contributed by atoms with van der Waals surface area (Å²) in [7, 11) is -3.64. The molecule has 2 fully saturated rings. The zero-order valence-electron chi connectivity index (χ0n) is 11.0. The van der Waals surface area contributed by atoms with Crippen LogP contribution >= 0.6 is 11.3 Å². The summed E-state index contributed by atoms with van der Waals surface area (Å²) in [5.41, 5.74) is 0. The van der Waals surface area contributed by atoms with Crippen molar-refractivity contribution in [2.45, 2.75) is 43.0 Å². The number of anilines is 1. The van der Waals surface area contributed by atoms with Crippen LogP contribution in [-0.4, -0.2) is 30.6 Å². The zero-order valence-corrected chi connectivity index (χ0v) is 12.6. The molecule has 2 N–H and O–H groups in total. The van der Waals surface area contributed by atoms with E-state index >= 15 is 0 Å². The van der Waals surface area contributed by atoms with Crippen molar-refractivity contribution in [3.8, 4) is 0 Å². The lowest BCUT2D eigenvalue weighted by atomic mass is 9.96. The lowest BCUT2D eigenvalue weighted by molar-refractivity contribution is -0.114. The molecule has 0 aromatic carbocycles. The molecule has 0 radical (unpaired) electrons. The molecule has 1 aromatic heterocycles. The molecule has 0 saturated heterocycles. The van der Waals surface area contributed by atoms with Crippen LogP contribution in [-0.2, 0) is 14.8 Å². The highest BCUT2D eigenvalue weighted by Gasteiger charge is 2.41. The van der Waals surface area contributed by atoms with Crippen LogP contribution in [0.15, 0.2) is 4.34 Å². The predicted octanol–water partition coefficient (Wildman–Crippen LogP) is 0.963. The number of carbonyl (C=O) groups is 1. The van der Waals surface area contributed by atoms with Crippen molar-refractivity contribution >= 4 is 32.4 Å². The van der Waals surface area contributed by atoms with Crippen molar-refractivity contribution in [3.05, 3.63) is 0 Å². The Kier molecular flexibility index (Phi) is 3.51. The molecule has 2 bridgehead atoms. The molecule has 20 heavy (non-hydrogen) atoms. The van der Waals surface area contributed by atoms with Gasteiger partial charge in [0.1, 0.15) is 0 Å². The van der Waals surface area contributed by atoms with Crippen molar-refractivity contribution in [3.63, 3.8) is 0 Å². The third-order valence-electron chi connectivity index (χ3n) is 3.96. The summed E-state index contributed by atoms with van der Waals surface area (Å²) in [5, 5.41) is 9.94. The number of nitrogens with zero attached hydrogens (tertiary/aromatic N) is 2. The van der Waals surface area contributed by atoms with Crippen LogP contribution in [0.3, 0.4) is 0 Å². The van der Waals surface area contributed by atoms with Crippen molar-refractivity contribution in [1.82, 2.24) is 14.9 Å². The summed E-state index contributed by atoms with van der Waals surface area (Å²) in [6, 6.07) is 0.0202. The van der Waals surface area contributed by atoms with Gasteiger partial charge in [0.2, 0.25) is 15.4 Å². The summed E-state index contributed by atoms with van der Waals surface area (Å²) >= 11 is 0.867. The number of fused-ring (bicyclic) bond motifs is 2. The third kappa shape index (κ3) is 2.70. The summed E-state index contributed by atoms with van der Waals surface area (Å²) in [6.45, 7) is 1.34.